The van der Waals surface area contributed by atoms with E-state index in [4.69, 9.17) is 33.0 Å². The van der Waals surface area contributed by atoms with Gasteiger partial charge >= 0.3 is 5.97 Å². The van der Waals surface area contributed by atoms with Gasteiger partial charge in [-0.15, -0.1) is 0 Å². The molecule has 108 valence electrons. The van der Waals surface area contributed by atoms with Crippen LogP contribution in [-0.2, 0) is 4.79 Å². The standard InChI is InChI=1S/C16H12Cl2O3/c1-10-2-5-12(17)8-15(10)21-13-6-3-11(14(18)9-13)4-7-16(19)20/h2-9H,1H3,(H,19,20)/b7-4+. The van der Waals surface area contributed by atoms with Crippen molar-refractivity contribution in [2.45, 2.75) is 6.92 Å². The summed E-state index contributed by atoms with van der Waals surface area (Å²) in [6.07, 6.45) is 2.46. The number of aryl methyl sites for hydroxylation is 1. The zero-order chi connectivity index (χ0) is 15.4. The summed E-state index contributed by atoms with van der Waals surface area (Å²) in [4.78, 5) is 10.5. The van der Waals surface area contributed by atoms with Crippen LogP contribution in [0.15, 0.2) is 42.5 Å². The number of rotatable bonds is 4. The van der Waals surface area contributed by atoms with Crippen LogP contribution < -0.4 is 4.74 Å². The largest absolute Gasteiger partial charge is 0.478 e. The molecule has 0 radical (unpaired) electrons. The van der Waals surface area contributed by atoms with Gasteiger partial charge in [-0.25, -0.2) is 4.79 Å². The molecule has 0 spiro atoms. The summed E-state index contributed by atoms with van der Waals surface area (Å²) < 4.78 is 5.74. The third kappa shape index (κ3) is 4.25. The molecule has 21 heavy (non-hydrogen) atoms. The highest BCUT2D eigenvalue weighted by molar-refractivity contribution is 6.32. The van der Waals surface area contributed by atoms with Crippen LogP contribution in [-0.4, -0.2) is 11.1 Å². The van der Waals surface area contributed by atoms with Crippen molar-refractivity contribution in [1.82, 2.24) is 0 Å². The summed E-state index contributed by atoms with van der Waals surface area (Å²) in [6.45, 7) is 1.91. The van der Waals surface area contributed by atoms with Crippen LogP contribution in [0.3, 0.4) is 0 Å². The molecular formula is C16H12Cl2O3. The fourth-order valence-electron chi connectivity index (χ4n) is 1.68. The minimum atomic E-state index is -1.03. The van der Waals surface area contributed by atoms with Gasteiger partial charge in [-0.1, -0.05) is 29.3 Å². The Kier molecular flexibility index (Phi) is 4.89. The van der Waals surface area contributed by atoms with Gasteiger partial charge in [0.05, 0.1) is 5.02 Å². The SMILES string of the molecule is Cc1ccc(Cl)cc1Oc1ccc(/C=C/C(=O)O)c(Cl)c1. The minimum absolute atomic E-state index is 0.407. The Morgan fingerprint density at radius 2 is 1.95 bits per heavy atom. The van der Waals surface area contributed by atoms with E-state index in [0.29, 0.717) is 27.1 Å². The van der Waals surface area contributed by atoms with Crippen molar-refractivity contribution in [3.05, 3.63) is 63.6 Å². The average Bonchev–Trinajstić information content (AvgIpc) is 2.42. The van der Waals surface area contributed by atoms with Crippen molar-refractivity contribution in [2.24, 2.45) is 0 Å². The molecule has 0 heterocycles. The molecule has 0 saturated carbocycles. The summed E-state index contributed by atoms with van der Waals surface area (Å²) in [7, 11) is 0. The van der Waals surface area contributed by atoms with Gasteiger partial charge in [0.2, 0.25) is 0 Å². The van der Waals surface area contributed by atoms with Crippen LogP contribution in [0.4, 0.5) is 0 Å². The second-order valence-corrected chi connectivity index (χ2v) is 5.21. The first-order valence-electron chi connectivity index (χ1n) is 6.10. The van der Waals surface area contributed by atoms with Crippen molar-refractivity contribution in [3.63, 3.8) is 0 Å². The molecule has 0 saturated heterocycles. The van der Waals surface area contributed by atoms with Crippen molar-refractivity contribution < 1.29 is 14.6 Å². The Hall–Kier alpha value is -1.97. The number of hydrogen-bond donors (Lipinski definition) is 1. The number of halogens is 2. The molecule has 1 N–H and O–H groups in total. The van der Waals surface area contributed by atoms with Gasteiger partial charge in [-0.3, -0.25) is 0 Å². The molecule has 0 amide bonds. The summed E-state index contributed by atoms with van der Waals surface area (Å²) in [5.41, 5.74) is 1.56. The summed E-state index contributed by atoms with van der Waals surface area (Å²) in [5, 5.41) is 9.60. The molecule has 2 aromatic rings. The fraction of sp³-hybridized carbons (Fsp3) is 0.0625. The first-order valence-corrected chi connectivity index (χ1v) is 6.86. The zero-order valence-electron chi connectivity index (χ0n) is 11.1. The number of hydrogen-bond acceptors (Lipinski definition) is 2. The molecule has 0 aliphatic carbocycles. The van der Waals surface area contributed by atoms with Gasteiger partial charge in [-0.05, 0) is 54.5 Å². The number of ether oxygens (including phenoxy) is 1. The van der Waals surface area contributed by atoms with E-state index >= 15 is 0 Å². The number of carbonyl (C=O) groups is 1. The van der Waals surface area contributed by atoms with Crippen molar-refractivity contribution in [1.29, 1.82) is 0 Å². The predicted octanol–water partition coefficient (Wildman–Crippen LogP) is 5.19. The maximum absolute atomic E-state index is 10.5. The summed E-state index contributed by atoms with van der Waals surface area (Å²) >= 11 is 12.0. The van der Waals surface area contributed by atoms with Crippen molar-refractivity contribution >= 4 is 35.2 Å². The van der Waals surface area contributed by atoms with E-state index in [1.807, 2.05) is 13.0 Å². The van der Waals surface area contributed by atoms with Crippen LogP contribution in [0, 0.1) is 6.92 Å². The van der Waals surface area contributed by atoms with Gasteiger partial charge in [0.15, 0.2) is 0 Å². The van der Waals surface area contributed by atoms with E-state index in [-0.39, 0.29) is 0 Å². The topological polar surface area (TPSA) is 46.5 Å². The van der Waals surface area contributed by atoms with Gasteiger partial charge in [-0.2, -0.15) is 0 Å². The van der Waals surface area contributed by atoms with Crippen molar-refractivity contribution in [2.75, 3.05) is 0 Å². The molecule has 3 nitrogen and oxygen atoms in total. The average molecular weight is 323 g/mol. The lowest BCUT2D eigenvalue weighted by molar-refractivity contribution is -0.131. The number of aliphatic carboxylic acids is 1. The van der Waals surface area contributed by atoms with Crippen LogP contribution in [0.2, 0.25) is 10.0 Å². The first-order chi connectivity index (χ1) is 9.95. The van der Waals surface area contributed by atoms with E-state index in [1.54, 1.807) is 30.3 Å². The second kappa shape index (κ2) is 6.66. The second-order valence-electron chi connectivity index (χ2n) is 4.37. The van der Waals surface area contributed by atoms with Gasteiger partial charge in [0.25, 0.3) is 0 Å². The van der Waals surface area contributed by atoms with E-state index in [2.05, 4.69) is 0 Å². The zero-order valence-corrected chi connectivity index (χ0v) is 12.7. The lowest BCUT2D eigenvalue weighted by Gasteiger charge is -2.10. The lowest BCUT2D eigenvalue weighted by Crippen LogP contribution is -1.89. The minimum Gasteiger partial charge on any atom is -0.478 e. The third-order valence-electron chi connectivity index (χ3n) is 2.76. The summed E-state index contributed by atoms with van der Waals surface area (Å²) in [5.74, 6) is 0.172. The highest BCUT2D eigenvalue weighted by atomic mass is 35.5. The Bertz CT molecular complexity index is 709. The quantitative estimate of drug-likeness (QED) is 0.787. The monoisotopic (exact) mass is 322 g/mol. The molecule has 0 atom stereocenters. The highest BCUT2D eigenvalue weighted by Gasteiger charge is 2.05. The molecule has 2 aromatic carbocycles. The number of carboxylic acids is 1. The molecule has 0 fully saturated rings. The smallest absolute Gasteiger partial charge is 0.328 e. The predicted molar refractivity (Wildman–Crippen MR) is 84.4 cm³/mol. The molecule has 0 unspecified atom stereocenters. The van der Waals surface area contributed by atoms with Gasteiger partial charge in [0, 0.05) is 11.1 Å². The van der Waals surface area contributed by atoms with E-state index in [0.717, 1.165) is 11.6 Å². The number of benzene rings is 2. The lowest BCUT2D eigenvalue weighted by atomic mass is 10.2. The van der Waals surface area contributed by atoms with Crippen LogP contribution >= 0.6 is 23.2 Å². The highest BCUT2D eigenvalue weighted by Crippen LogP contribution is 2.30. The number of carboxylic acid groups (broad SMARTS) is 1. The van der Waals surface area contributed by atoms with E-state index in [9.17, 15) is 4.79 Å². The molecular weight excluding hydrogens is 311 g/mol. The van der Waals surface area contributed by atoms with E-state index in [1.165, 1.54) is 6.08 Å². The third-order valence-corrected chi connectivity index (χ3v) is 3.32. The molecule has 0 bridgehead atoms. The molecule has 5 heteroatoms. The molecule has 2 rings (SSSR count). The van der Waals surface area contributed by atoms with Gasteiger partial charge < -0.3 is 9.84 Å². The Morgan fingerprint density at radius 1 is 1.19 bits per heavy atom. The van der Waals surface area contributed by atoms with Crippen LogP contribution in [0.1, 0.15) is 11.1 Å². The fourth-order valence-corrected chi connectivity index (χ4v) is 2.07. The normalized spacial score (nSPS) is 10.8. The van der Waals surface area contributed by atoms with Crippen molar-refractivity contribution in [3.8, 4) is 11.5 Å². The molecule has 0 aliphatic heterocycles. The maximum Gasteiger partial charge on any atom is 0.328 e. The maximum atomic E-state index is 10.5. The van der Waals surface area contributed by atoms with E-state index < -0.39 is 5.97 Å². The Balaban J connectivity index is 2.24. The molecule has 0 aromatic heterocycles. The molecule has 0 aliphatic rings. The Morgan fingerprint density at radius 3 is 2.62 bits per heavy atom. The first kappa shape index (κ1) is 15.4. The summed E-state index contributed by atoms with van der Waals surface area (Å²) in [6, 6.07) is 10.4. The van der Waals surface area contributed by atoms with Crippen LogP contribution in [0.5, 0.6) is 11.5 Å². The Labute approximate surface area is 132 Å². The van der Waals surface area contributed by atoms with Crippen LogP contribution in [0.25, 0.3) is 6.08 Å². The van der Waals surface area contributed by atoms with Gasteiger partial charge in [0.1, 0.15) is 11.5 Å².